The predicted molar refractivity (Wildman–Crippen MR) is 75.4 cm³/mol. The molecule has 20 heavy (non-hydrogen) atoms. The highest BCUT2D eigenvalue weighted by Crippen LogP contribution is 2.16. The zero-order valence-corrected chi connectivity index (χ0v) is 12.1. The normalized spacial score (nSPS) is 10.7. The van der Waals surface area contributed by atoms with Crippen LogP contribution >= 0.6 is 0 Å². The van der Waals surface area contributed by atoms with E-state index in [0.717, 1.165) is 0 Å². The van der Waals surface area contributed by atoms with Crippen molar-refractivity contribution in [1.82, 2.24) is 5.32 Å². The van der Waals surface area contributed by atoms with E-state index in [9.17, 15) is 4.79 Å². The fourth-order valence-electron chi connectivity index (χ4n) is 1.63. The molecule has 1 N–H and O–H groups in total. The molecule has 0 heterocycles. The van der Waals surface area contributed by atoms with E-state index in [1.54, 1.807) is 24.3 Å². The Morgan fingerprint density at radius 1 is 1.40 bits per heavy atom. The second-order valence-electron chi connectivity index (χ2n) is 4.87. The average molecular weight is 276 g/mol. The van der Waals surface area contributed by atoms with Crippen LogP contribution in [0.25, 0.3) is 0 Å². The van der Waals surface area contributed by atoms with Crippen LogP contribution in [0.5, 0.6) is 5.75 Å². The van der Waals surface area contributed by atoms with E-state index in [-0.39, 0.29) is 12.5 Å². The SMILES string of the molecule is CCOC(C)(C)CNC(=O)COc1ccccc1C#N. The monoisotopic (exact) mass is 276 g/mol. The molecule has 0 aliphatic carbocycles. The minimum absolute atomic E-state index is 0.124. The number of nitrogens with one attached hydrogen (secondary N) is 1. The lowest BCUT2D eigenvalue weighted by Crippen LogP contribution is -2.42. The molecule has 0 saturated carbocycles. The average Bonchev–Trinajstić information content (AvgIpc) is 2.43. The summed E-state index contributed by atoms with van der Waals surface area (Å²) in [5.74, 6) is 0.166. The summed E-state index contributed by atoms with van der Waals surface area (Å²) < 4.78 is 10.8. The summed E-state index contributed by atoms with van der Waals surface area (Å²) in [5, 5.41) is 11.6. The van der Waals surface area contributed by atoms with Gasteiger partial charge in [0.2, 0.25) is 0 Å². The number of ether oxygens (including phenoxy) is 2. The quantitative estimate of drug-likeness (QED) is 0.825. The standard InChI is InChI=1S/C15H20N2O3/c1-4-20-15(2,3)11-17-14(18)10-19-13-8-6-5-7-12(13)9-16/h5-8H,4,10-11H2,1-3H3,(H,17,18). The number of nitrogens with zero attached hydrogens (tertiary/aromatic N) is 1. The molecule has 1 amide bonds. The number of para-hydroxylation sites is 1. The molecule has 108 valence electrons. The van der Waals surface area contributed by atoms with Gasteiger partial charge in [-0.3, -0.25) is 4.79 Å². The largest absolute Gasteiger partial charge is 0.482 e. The number of rotatable bonds is 7. The van der Waals surface area contributed by atoms with Gasteiger partial charge in [0, 0.05) is 13.2 Å². The van der Waals surface area contributed by atoms with Gasteiger partial charge < -0.3 is 14.8 Å². The van der Waals surface area contributed by atoms with Crippen molar-refractivity contribution < 1.29 is 14.3 Å². The molecule has 0 unspecified atom stereocenters. The van der Waals surface area contributed by atoms with E-state index in [4.69, 9.17) is 14.7 Å². The van der Waals surface area contributed by atoms with E-state index < -0.39 is 5.60 Å². The number of hydrogen-bond acceptors (Lipinski definition) is 4. The number of nitriles is 1. The molecule has 1 aromatic rings. The first-order valence-electron chi connectivity index (χ1n) is 6.51. The molecule has 0 aromatic heterocycles. The third-order valence-corrected chi connectivity index (χ3v) is 2.61. The van der Waals surface area contributed by atoms with Crippen molar-refractivity contribution in [3.63, 3.8) is 0 Å². The lowest BCUT2D eigenvalue weighted by molar-refractivity contribution is -0.124. The van der Waals surface area contributed by atoms with E-state index in [0.29, 0.717) is 24.5 Å². The second kappa shape index (κ2) is 7.51. The molecule has 0 bridgehead atoms. The zero-order valence-electron chi connectivity index (χ0n) is 12.1. The number of hydrogen-bond donors (Lipinski definition) is 1. The maximum absolute atomic E-state index is 11.7. The summed E-state index contributed by atoms with van der Waals surface area (Å²) >= 11 is 0. The molecule has 0 spiro atoms. The summed E-state index contributed by atoms with van der Waals surface area (Å²) in [6.07, 6.45) is 0. The minimum Gasteiger partial charge on any atom is -0.482 e. The Hall–Kier alpha value is -2.06. The molecule has 1 aromatic carbocycles. The molecule has 0 aliphatic heterocycles. The number of carbonyl (C=O) groups is 1. The third-order valence-electron chi connectivity index (χ3n) is 2.61. The Morgan fingerprint density at radius 3 is 2.75 bits per heavy atom. The van der Waals surface area contributed by atoms with E-state index in [1.165, 1.54) is 0 Å². The summed E-state index contributed by atoms with van der Waals surface area (Å²) in [4.78, 5) is 11.7. The molecule has 0 atom stereocenters. The molecule has 0 radical (unpaired) electrons. The maximum Gasteiger partial charge on any atom is 0.258 e. The molecule has 0 fully saturated rings. The molecular weight excluding hydrogens is 256 g/mol. The van der Waals surface area contributed by atoms with Gasteiger partial charge in [-0.1, -0.05) is 12.1 Å². The molecular formula is C15H20N2O3. The van der Waals surface area contributed by atoms with Crippen LogP contribution in [0.3, 0.4) is 0 Å². The Morgan fingerprint density at radius 2 is 2.10 bits per heavy atom. The van der Waals surface area contributed by atoms with Gasteiger partial charge >= 0.3 is 0 Å². The van der Waals surface area contributed by atoms with Crippen LogP contribution < -0.4 is 10.1 Å². The smallest absolute Gasteiger partial charge is 0.258 e. The second-order valence-corrected chi connectivity index (χ2v) is 4.87. The summed E-state index contributed by atoms with van der Waals surface area (Å²) in [7, 11) is 0. The zero-order chi connectivity index (χ0) is 15.0. The number of carbonyl (C=O) groups excluding carboxylic acids is 1. The van der Waals surface area contributed by atoms with Crippen molar-refractivity contribution in [2.75, 3.05) is 19.8 Å². The Bertz CT molecular complexity index is 492. The fraction of sp³-hybridized carbons (Fsp3) is 0.467. The Balaban J connectivity index is 2.43. The van der Waals surface area contributed by atoms with Crippen molar-refractivity contribution in [3.05, 3.63) is 29.8 Å². The van der Waals surface area contributed by atoms with E-state index >= 15 is 0 Å². The van der Waals surface area contributed by atoms with Crippen LogP contribution in [0.1, 0.15) is 26.3 Å². The molecule has 0 saturated heterocycles. The van der Waals surface area contributed by atoms with Crippen LogP contribution in [0.15, 0.2) is 24.3 Å². The lowest BCUT2D eigenvalue weighted by Gasteiger charge is -2.24. The number of amides is 1. The molecule has 0 aliphatic rings. The topological polar surface area (TPSA) is 71.3 Å². The van der Waals surface area contributed by atoms with Crippen LogP contribution in [-0.4, -0.2) is 31.3 Å². The highest BCUT2D eigenvalue weighted by molar-refractivity contribution is 5.77. The van der Waals surface area contributed by atoms with Gasteiger partial charge in [-0.2, -0.15) is 5.26 Å². The third kappa shape index (κ3) is 5.29. The van der Waals surface area contributed by atoms with Crippen molar-refractivity contribution >= 4 is 5.91 Å². The van der Waals surface area contributed by atoms with Crippen molar-refractivity contribution in [2.45, 2.75) is 26.4 Å². The van der Waals surface area contributed by atoms with Crippen LogP contribution in [0, 0.1) is 11.3 Å². The fourth-order valence-corrected chi connectivity index (χ4v) is 1.63. The Kier molecular flexibility index (Phi) is 6.01. The first-order chi connectivity index (χ1) is 9.48. The molecule has 5 heteroatoms. The highest BCUT2D eigenvalue weighted by atomic mass is 16.5. The van der Waals surface area contributed by atoms with Crippen molar-refractivity contribution in [2.24, 2.45) is 0 Å². The lowest BCUT2D eigenvalue weighted by atomic mass is 10.1. The predicted octanol–water partition coefficient (Wildman–Crippen LogP) is 1.87. The van der Waals surface area contributed by atoms with Gasteiger partial charge in [-0.25, -0.2) is 0 Å². The molecule has 5 nitrogen and oxygen atoms in total. The molecule has 1 rings (SSSR count). The summed E-state index contributed by atoms with van der Waals surface area (Å²) in [5.41, 5.74) is 0.00422. The van der Waals surface area contributed by atoms with Crippen molar-refractivity contribution in [3.8, 4) is 11.8 Å². The van der Waals surface area contributed by atoms with Crippen LogP contribution in [0.2, 0.25) is 0 Å². The first kappa shape index (κ1) is 16.0. The van der Waals surface area contributed by atoms with Gasteiger partial charge in [0.1, 0.15) is 11.8 Å². The van der Waals surface area contributed by atoms with Crippen LogP contribution in [-0.2, 0) is 9.53 Å². The van der Waals surface area contributed by atoms with Gasteiger partial charge in [0.25, 0.3) is 5.91 Å². The summed E-state index contributed by atoms with van der Waals surface area (Å²) in [6.45, 7) is 6.59. The van der Waals surface area contributed by atoms with E-state index in [2.05, 4.69) is 5.32 Å². The van der Waals surface area contributed by atoms with Crippen molar-refractivity contribution in [1.29, 1.82) is 5.26 Å². The van der Waals surface area contributed by atoms with Gasteiger partial charge in [-0.05, 0) is 32.9 Å². The van der Waals surface area contributed by atoms with Gasteiger partial charge in [-0.15, -0.1) is 0 Å². The minimum atomic E-state index is -0.408. The Labute approximate surface area is 119 Å². The number of benzene rings is 1. The summed E-state index contributed by atoms with van der Waals surface area (Å²) in [6, 6.07) is 8.82. The van der Waals surface area contributed by atoms with E-state index in [1.807, 2.05) is 26.8 Å². The van der Waals surface area contributed by atoms with Gasteiger partial charge in [0.15, 0.2) is 6.61 Å². The maximum atomic E-state index is 11.7. The van der Waals surface area contributed by atoms with Crippen LogP contribution in [0.4, 0.5) is 0 Å². The first-order valence-corrected chi connectivity index (χ1v) is 6.51. The van der Waals surface area contributed by atoms with Gasteiger partial charge in [0.05, 0.1) is 11.2 Å². The highest BCUT2D eigenvalue weighted by Gasteiger charge is 2.18.